The number of fused-ring (bicyclic) bond motifs is 1. The fraction of sp³-hybridized carbons (Fsp3) is 0.444. The molecule has 0 saturated carbocycles. The Morgan fingerprint density at radius 3 is 2.40 bits per heavy atom. The number of aromatic nitrogens is 3. The summed E-state index contributed by atoms with van der Waals surface area (Å²) in [6.07, 6.45) is 3.04. The molecular formula is C36H40F3N7O4. The van der Waals surface area contributed by atoms with Crippen molar-refractivity contribution in [2.45, 2.75) is 69.4 Å². The van der Waals surface area contributed by atoms with Gasteiger partial charge in [0.1, 0.15) is 17.3 Å². The number of amides is 2. The summed E-state index contributed by atoms with van der Waals surface area (Å²) in [6.45, 7) is 3.87. The maximum absolute atomic E-state index is 13.5. The van der Waals surface area contributed by atoms with Crippen LogP contribution in [0, 0.1) is 0 Å². The first-order valence-electron chi connectivity index (χ1n) is 17.1. The Hall–Kier alpha value is -4.69. The predicted octanol–water partition coefficient (Wildman–Crippen LogP) is 4.89. The lowest BCUT2D eigenvalue weighted by atomic mass is 9.88. The Labute approximate surface area is 286 Å². The molecule has 7 rings (SSSR count). The van der Waals surface area contributed by atoms with Crippen molar-refractivity contribution in [3.63, 3.8) is 0 Å². The van der Waals surface area contributed by atoms with E-state index >= 15 is 0 Å². The van der Waals surface area contributed by atoms with Crippen molar-refractivity contribution in [3.05, 3.63) is 76.3 Å². The summed E-state index contributed by atoms with van der Waals surface area (Å²) in [5.41, 5.74) is 3.69. The number of hydrogen-bond acceptors (Lipinski definition) is 8. The summed E-state index contributed by atoms with van der Waals surface area (Å²) in [5.74, 6) is -0.303. The number of imide groups is 1. The third kappa shape index (κ3) is 7.41. The molecule has 0 radical (unpaired) electrons. The number of H-pyrrole nitrogens is 1. The molecule has 5 heterocycles. The molecular weight excluding hydrogens is 651 g/mol. The van der Waals surface area contributed by atoms with Crippen LogP contribution in [0.4, 0.5) is 18.9 Å². The largest absolute Gasteiger partial charge is 0.573 e. The Morgan fingerprint density at radius 1 is 0.960 bits per heavy atom. The molecule has 4 aromatic rings. The normalized spacial score (nSPS) is 20.3. The molecule has 0 bridgehead atoms. The number of pyridine rings is 1. The second-order valence-electron chi connectivity index (χ2n) is 13.6. The molecule has 0 aliphatic carbocycles. The summed E-state index contributed by atoms with van der Waals surface area (Å²) >= 11 is 0. The fourth-order valence-corrected chi connectivity index (χ4v) is 7.62. The van der Waals surface area contributed by atoms with Gasteiger partial charge in [0, 0.05) is 54.5 Å². The lowest BCUT2D eigenvalue weighted by molar-refractivity contribution is -0.275. The van der Waals surface area contributed by atoms with E-state index in [4.69, 9.17) is 0 Å². The Balaban J connectivity index is 0.938. The summed E-state index contributed by atoms with van der Waals surface area (Å²) in [5, 5.41) is 12.8. The van der Waals surface area contributed by atoms with Crippen LogP contribution < -0.4 is 20.9 Å². The molecule has 264 valence electrons. The third-order valence-corrected chi connectivity index (χ3v) is 10.3. The van der Waals surface area contributed by atoms with E-state index in [0.29, 0.717) is 53.4 Å². The molecule has 3 aliphatic heterocycles. The zero-order valence-corrected chi connectivity index (χ0v) is 27.8. The molecule has 1 atom stereocenters. The molecule has 0 spiro atoms. The van der Waals surface area contributed by atoms with Crippen molar-refractivity contribution < 1.29 is 27.5 Å². The van der Waals surface area contributed by atoms with Crippen molar-refractivity contribution in [3.8, 4) is 16.9 Å². The van der Waals surface area contributed by atoms with Gasteiger partial charge < -0.3 is 19.5 Å². The zero-order chi connectivity index (χ0) is 35.0. The number of nitrogens with zero attached hydrogens (tertiary/aromatic N) is 4. The molecule has 11 nitrogen and oxygen atoms in total. The van der Waals surface area contributed by atoms with Crippen molar-refractivity contribution >= 4 is 28.4 Å². The number of benzene rings is 2. The first-order chi connectivity index (χ1) is 24.0. The van der Waals surface area contributed by atoms with Crippen LogP contribution in [0.5, 0.6) is 5.75 Å². The molecule has 2 amide bonds. The number of anilines is 1. The average Bonchev–Trinajstić information content (AvgIpc) is 3.59. The van der Waals surface area contributed by atoms with Gasteiger partial charge in [-0.1, -0.05) is 24.3 Å². The van der Waals surface area contributed by atoms with Crippen molar-refractivity contribution in [2.75, 3.05) is 31.5 Å². The molecule has 50 heavy (non-hydrogen) atoms. The highest BCUT2D eigenvalue weighted by atomic mass is 19.4. The molecule has 3 aliphatic rings. The van der Waals surface area contributed by atoms with Gasteiger partial charge in [0.15, 0.2) is 0 Å². The lowest BCUT2D eigenvalue weighted by Gasteiger charge is -2.42. The van der Waals surface area contributed by atoms with Crippen LogP contribution in [0.3, 0.4) is 0 Å². The van der Waals surface area contributed by atoms with E-state index in [1.54, 1.807) is 25.4 Å². The number of ether oxygens (including phenoxy) is 1. The molecule has 2 aromatic carbocycles. The second kappa shape index (κ2) is 13.9. The smallest absolute Gasteiger partial charge is 0.405 e. The fourth-order valence-electron chi connectivity index (χ4n) is 7.62. The summed E-state index contributed by atoms with van der Waals surface area (Å²) in [7, 11) is 1.59. The highest BCUT2D eigenvalue weighted by Crippen LogP contribution is 2.36. The van der Waals surface area contributed by atoms with E-state index in [0.717, 1.165) is 57.5 Å². The highest BCUT2D eigenvalue weighted by molar-refractivity contribution is 6.01. The number of likely N-dealkylation sites (tertiary alicyclic amines) is 2. The molecule has 2 aromatic heterocycles. The third-order valence-electron chi connectivity index (χ3n) is 10.3. The van der Waals surface area contributed by atoms with Crippen LogP contribution in [0.2, 0.25) is 0 Å². The quantitative estimate of drug-likeness (QED) is 0.223. The Bertz CT molecular complexity index is 1920. The van der Waals surface area contributed by atoms with Gasteiger partial charge in [0.2, 0.25) is 11.8 Å². The molecule has 1 unspecified atom stereocenters. The number of rotatable bonds is 8. The molecule has 14 heteroatoms. The van der Waals surface area contributed by atoms with Gasteiger partial charge >= 0.3 is 6.36 Å². The van der Waals surface area contributed by atoms with E-state index in [2.05, 4.69) is 47.5 Å². The van der Waals surface area contributed by atoms with Gasteiger partial charge in [0.05, 0.1) is 6.20 Å². The topological polar surface area (TPSA) is 125 Å². The first kappa shape index (κ1) is 33.8. The minimum Gasteiger partial charge on any atom is -0.405 e. The summed E-state index contributed by atoms with van der Waals surface area (Å²) < 4.78 is 46.6. The van der Waals surface area contributed by atoms with Crippen molar-refractivity contribution in [1.29, 1.82) is 0 Å². The summed E-state index contributed by atoms with van der Waals surface area (Å²) in [4.78, 5) is 40.7. The number of alkyl halides is 3. The van der Waals surface area contributed by atoms with Crippen molar-refractivity contribution in [1.82, 2.24) is 29.9 Å². The maximum atomic E-state index is 13.5. The second-order valence-corrected chi connectivity index (χ2v) is 13.6. The van der Waals surface area contributed by atoms with Crippen LogP contribution >= 0.6 is 0 Å². The van der Waals surface area contributed by atoms with Crippen molar-refractivity contribution in [2.24, 2.45) is 7.05 Å². The molecule has 3 fully saturated rings. The van der Waals surface area contributed by atoms with Gasteiger partial charge in [-0.15, -0.1) is 13.2 Å². The Kier molecular flexibility index (Phi) is 9.40. The van der Waals surface area contributed by atoms with Gasteiger partial charge in [-0.25, -0.2) is 0 Å². The molecule has 3 N–H and O–H groups in total. The number of hydrogen-bond donors (Lipinski definition) is 3. The zero-order valence-electron chi connectivity index (χ0n) is 27.8. The highest BCUT2D eigenvalue weighted by Gasteiger charge is 2.34. The first-order valence-corrected chi connectivity index (χ1v) is 17.1. The number of aromatic amines is 1. The number of nitrogens with one attached hydrogen (secondary N) is 3. The predicted molar refractivity (Wildman–Crippen MR) is 182 cm³/mol. The summed E-state index contributed by atoms with van der Waals surface area (Å²) in [6, 6.07) is 13.1. The maximum Gasteiger partial charge on any atom is 0.573 e. The van der Waals surface area contributed by atoms with E-state index in [9.17, 15) is 27.6 Å². The van der Waals surface area contributed by atoms with Crippen LogP contribution in [0.25, 0.3) is 22.0 Å². The monoisotopic (exact) mass is 691 g/mol. The number of carbonyl (C=O) groups excluding carboxylic acids is 2. The van der Waals surface area contributed by atoms with Gasteiger partial charge in [-0.05, 0) is 93.5 Å². The average molecular weight is 692 g/mol. The SMILES string of the molecule is Cn1cc(-c2ccc(CN3CCC(N4CCC(c5ccc(NC6CCC(=O)NC6=O)cc5)CC4)CC3)c(OC(F)(F)F)c2)c2cn[nH]c2c1=O. The number of halogens is 3. The van der Waals surface area contributed by atoms with E-state index in [1.165, 1.54) is 22.4 Å². The van der Waals surface area contributed by atoms with Crippen LogP contribution in [-0.2, 0) is 23.2 Å². The molecule has 3 saturated heterocycles. The van der Waals surface area contributed by atoms with Crippen LogP contribution in [-0.4, -0.2) is 81.0 Å². The van der Waals surface area contributed by atoms with Gasteiger partial charge in [0.25, 0.3) is 5.56 Å². The Morgan fingerprint density at radius 2 is 1.70 bits per heavy atom. The lowest BCUT2D eigenvalue weighted by Crippen LogP contribution is -2.47. The van der Waals surface area contributed by atoms with E-state index in [1.807, 2.05) is 12.1 Å². The number of piperidine rings is 3. The van der Waals surface area contributed by atoms with Crippen LogP contribution in [0.1, 0.15) is 55.6 Å². The standard InChI is InChI=1S/C36H40F3N7O4/c1-44-21-29(28-19-40-43-33(28)35(44)49)24-2-3-25(31(18-24)50-36(37,38)39)20-45-14-12-27(13-15-45)46-16-10-23(11-17-46)22-4-6-26(7-5-22)41-30-8-9-32(47)42-34(30)48/h2-7,18-19,21,23,27,30,41H,8-17,20H2,1H3,(H,40,43)(H,42,47,48). The van der Waals surface area contributed by atoms with Gasteiger partial charge in [-0.2, -0.15) is 5.10 Å². The van der Waals surface area contributed by atoms with Crippen LogP contribution in [0.15, 0.2) is 59.7 Å². The minimum absolute atomic E-state index is 0.229. The number of carbonyl (C=O) groups is 2. The van der Waals surface area contributed by atoms with Gasteiger partial charge in [-0.3, -0.25) is 29.7 Å². The number of aryl methyl sites for hydroxylation is 1. The minimum atomic E-state index is -4.85. The van der Waals surface area contributed by atoms with E-state index < -0.39 is 12.4 Å². The van der Waals surface area contributed by atoms with E-state index in [-0.39, 0.29) is 28.6 Å².